The van der Waals surface area contributed by atoms with Gasteiger partial charge < -0.3 is 35.0 Å². The number of aliphatic hydroxyl groups is 5. The minimum absolute atomic E-state index is 0.0723. The summed E-state index contributed by atoms with van der Waals surface area (Å²) in [6.45, 7) is 1.40. The predicted octanol–water partition coefficient (Wildman–Crippen LogP) is -0.527. The van der Waals surface area contributed by atoms with E-state index in [1.54, 1.807) is 18.2 Å². The number of unbranched alkanes of at least 4 members (excludes halogenated alkanes) is 1. The Bertz CT molecular complexity index is 591. The summed E-state index contributed by atoms with van der Waals surface area (Å²) in [5.74, 6) is 10.9. The van der Waals surface area contributed by atoms with Gasteiger partial charge >= 0.3 is 0 Å². The lowest BCUT2D eigenvalue weighted by Crippen LogP contribution is -2.59. The first-order chi connectivity index (χ1) is 13.0. The van der Waals surface area contributed by atoms with Crippen LogP contribution < -0.4 is 0 Å². The molecule has 0 amide bonds. The summed E-state index contributed by atoms with van der Waals surface area (Å²) in [5.41, 5.74) is 0. The summed E-state index contributed by atoms with van der Waals surface area (Å²) in [7, 11) is 0. The molecule has 0 saturated carbocycles. The van der Waals surface area contributed by atoms with Gasteiger partial charge in [0.2, 0.25) is 0 Å². The van der Waals surface area contributed by atoms with Gasteiger partial charge in [0.25, 0.3) is 0 Å². The van der Waals surface area contributed by atoms with E-state index >= 15 is 0 Å². The van der Waals surface area contributed by atoms with Gasteiger partial charge in [-0.25, -0.2) is 0 Å². The maximum Gasteiger partial charge on any atom is 0.187 e. The molecule has 0 aliphatic carbocycles. The van der Waals surface area contributed by atoms with Gasteiger partial charge in [-0.3, -0.25) is 0 Å². The molecule has 0 radical (unpaired) electrons. The van der Waals surface area contributed by atoms with Crippen LogP contribution in [0.4, 0.5) is 0 Å². The second-order valence-corrected chi connectivity index (χ2v) is 5.94. The molecule has 6 atom stereocenters. The summed E-state index contributed by atoms with van der Waals surface area (Å²) in [6.07, 6.45) is 1.26. The second kappa shape index (κ2) is 13.5. The van der Waals surface area contributed by atoms with Gasteiger partial charge in [0, 0.05) is 13.0 Å². The highest BCUT2D eigenvalue weighted by molar-refractivity contribution is 5.30. The van der Waals surface area contributed by atoms with Crippen LogP contribution in [0.15, 0.2) is 24.3 Å². The summed E-state index contributed by atoms with van der Waals surface area (Å²) < 4.78 is 11.1. The minimum Gasteiger partial charge on any atom is -0.396 e. The molecule has 1 rings (SSSR count). The van der Waals surface area contributed by atoms with Crippen LogP contribution in [0.5, 0.6) is 0 Å². The van der Waals surface area contributed by atoms with E-state index in [1.165, 1.54) is 0 Å². The summed E-state index contributed by atoms with van der Waals surface area (Å²) >= 11 is 0. The van der Waals surface area contributed by atoms with Gasteiger partial charge in [-0.1, -0.05) is 30.1 Å². The molecule has 5 N–H and O–H groups in total. The number of rotatable bonds is 8. The smallest absolute Gasteiger partial charge is 0.187 e. The fourth-order valence-corrected chi connectivity index (χ4v) is 2.33. The van der Waals surface area contributed by atoms with Crippen molar-refractivity contribution in [3.63, 3.8) is 0 Å². The van der Waals surface area contributed by atoms with Crippen molar-refractivity contribution < 1.29 is 35.0 Å². The molecule has 1 unspecified atom stereocenters. The lowest BCUT2D eigenvalue weighted by molar-refractivity contribution is -0.307. The summed E-state index contributed by atoms with van der Waals surface area (Å²) in [6, 6.07) is 0. The Morgan fingerprint density at radius 1 is 1.11 bits per heavy atom. The Hall–Kier alpha value is -1.68. The van der Waals surface area contributed by atoms with Crippen molar-refractivity contribution in [2.75, 3.05) is 13.2 Å². The van der Waals surface area contributed by atoms with E-state index in [0.717, 1.165) is 0 Å². The van der Waals surface area contributed by atoms with Gasteiger partial charge in [0.1, 0.15) is 24.4 Å². The fraction of sp³-hybridized carbons (Fsp3) is 0.600. The average Bonchev–Trinajstić information content (AvgIpc) is 2.67. The van der Waals surface area contributed by atoms with E-state index in [0.29, 0.717) is 12.8 Å². The molecule has 27 heavy (non-hydrogen) atoms. The molecule has 0 aromatic heterocycles. The van der Waals surface area contributed by atoms with E-state index in [1.807, 2.05) is 13.0 Å². The maximum atomic E-state index is 10.1. The number of hydrogen-bond acceptors (Lipinski definition) is 7. The third kappa shape index (κ3) is 8.25. The second-order valence-electron chi connectivity index (χ2n) is 5.94. The van der Waals surface area contributed by atoms with E-state index in [2.05, 4.69) is 23.7 Å². The zero-order valence-corrected chi connectivity index (χ0v) is 15.4. The van der Waals surface area contributed by atoms with Gasteiger partial charge in [0.05, 0.1) is 12.7 Å². The molecule has 1 aliphatic heterocycles. The SMILES string of the molecule is C/C=C/C#CC#CCC(/C=C/CCCO)O[C@@H]1O[C@H](CO)[C@@H](O)[C@H](O)[C@H]1O. The van der Waals surface area contributed by atoms with E-state index in [4.69, 9.17) is 14.6 Å². The van der Waals surface area contributed by atoms with Crippen LogP contribution in [0.25, 0.3) is 0 Å². The Morgan fingerprint density at radius 3 is 2.56 bits per heavy atom. The number of hydrogen-bond donors (Lipinski definition) is 5. The Morgan fingerprint density at radius 2 is 1.89 bits per heavy atom. The summed E-state index contributed by atoms with van der Waals surface area (Å²) in [4.78, 5) is 0. The van der Waals surface area contributed by atoms with Crippen LogP contribution in [-0.2, 0) is 9.47 Å². The van der Waals surface area contributed by atoms with Gasteiger partial charge in [-0.05, 0) is 37.7 Å². The van der Waals surface area contributed by atoms with Gasteiger partial charge in [-0.15, -0.1) is 0 Å². The lowest BCUT2D eigenvalue weighted by atomic mass is 9.99. The highest BCUT2D eigenvalue weighted by Crippen LogP contribution is 2.23. The van der Waals surface area contributed by atoms with Crippen LogP contribution in [0, 0.1) is 23.7 Å². The van der Waals surface area contributed by atoms with Gasteiger partial charge in [-0.2, -0.15) is 0 Å². The predicted molar refractivity (Wildman–Crippen MR) is 99.1 cm³/mol. The number of ether oxygens (including phenoxy) is 2. The standard InChI is InChI=1S/C20H28O7/c1-2-3-4-5-6-8-11-15(12-9-7-10-13-21)26-20-19(25)18(24)17(23)16(14-22)27-20/h2-3,9,12,15-25H,7,10-11,13-14H2,1H3/b3-2+,12-9+/t15?,16-,17-,18+,19-,20-/m1/s1. The molecular formula is C20H28O7. The molecule has 0 aromatic rings. The van der Waals surface area contributed by atoms with E-state index in [-0.39, 0.29) is 13.0 Å². The maximum absolute atomic E-state index is 10.1. The topological polar surface area (TPSA) is 120 Å². The first kappa shape index (κ1) is 23.4. The average molecular weight is 380 g/mol. The third-order valence-electron chi connectivity index (χ3n) is 3.81. The highest BCUT2D eigenvalue weighted by atomic mass is 16.7. The lowest BCUT2D eigenvalue weighted by Gasteiger charge is -2.40. The fourth-order valence-electron chi connectivity index (χ4n) is 2.33. The molecule has 0 spiro atoms. The zero-order chi connectivity index (χ0) is 20.1. The quantitative estimate of drug-likeness (QED) is 0.218. The van der Waals surface area contributed by atoms with Crippen molar-refractivity contribution in [3.05, 3.63) is 24.3 Å². The number of allylic oxidation sites excluding steroid dienone is 3. The molecule has 7 nitrogen and oxygen atoms in total. The molecule has 0 aromatic carbocycles. The Labute approximate surface area is 159 Å². The van der Waals surface area contributed by atoms with Crippen LogP contribution in [0.2, 0.25) is 0 Å². The first-order valence-electron chi connectivity index (χ1n) is 8.88. The Balaban J connectivity index is 2.79. The highest BCUT2D eigenvalue weighted by Gasteiger charge is 2.44. The largest absolute Gasteiger partial charge is 0.396 e. The van der Waals surface area contributed by atoms with Crippen LogP contribution in [-0.4, -0.2) is 75.6 Å². The van der Waals surface area contributed by atoms with Crippen molar-refractivity contribution in [3.8, 4) is 23.7 Å². The van der Waals surface area contributed by atoms with Crippen molar-refractivity contribution in [1.82, 2.24) is 0 Å². The normalized spacial score (nSPS) is 29.2. The molecule has 1 saturated heterocycles. The Kier molecular flexibility index (Phi) is 11.7. The minimum atomic E-state index is -1.50. The molecular weight excluding hydrogens is 352 g/mol. The monoisotopic (exact) mass is 380 g/mol. The molecule has 1 aliphatic rings. The van der Waals surface area contributed by atoms with Crippen LogP contribution in [0.3, 0.4) is 0 Å². The van der Waals surface area contributed by atoms with Crippen molar-refractivity contribution in [2.45, 2.75) is 63.0 Å². The van der Waals surface area contributed by atoms with Crippen LogP contribution in [0.1, 0.15) is 26.2 Å². The zero-order valence-electron chi connectivity index (χ0n) is 15.4. The van der Waals surface area contributed by atoms with Gasteiger partial charge in [0.15, 0.2) is 6.29 Å². The molecule has 0 bridgehead atoms. The number of aliphatic hydroxyl groups excluding tert-OH is 5. The van der Waals surface area contributed by atoms with Crippen molar-refractivity contribution in [1.29, 1.82) is 0 Å². The van der Waals surface area contributed by atoms with E-state index < -0.39 is 43.4 Å². The third-order valence-corrected chi connectivity index (χ3v) is 3.81. The molecule has 150 valence electrons. The van der Waals surface area contributed by atoms with E-state index in [9.17, 15) is 20.4 Å². The molecule has 1 fully saturated rings. The van der Waals surface area contributed by atoms with Crippen LogP contribution >= 0.6 is 0 Å². The van der Waals surface area contributed by atoms with Crippen molar-refractivity contribution >= 4 is 0 Å². The van der Waals surface area contributed by atoms with Crippen molar-refractivity contribution in [2.24, 2.45) is 0 Å². The molecule has 1 heterocycles. The molecule has 7 heteroatoms. The summed E-state index contributed by atoms with van der Waals surface area (Å²) in [5, 5.41) is 47.9. The first-order valence-corrected chi connectivity index (χ1v) is 8.88.